The van der Waals surface area contributed by atoms with Gasteiger partial charge >= 0.3 is 0 Å². The number of carbonyl (C=O) groups excluding carboxylic acids is 1. The van der Waals surface area contributed by atoms with Gasteiger partial charge in [0.1, 0.15) is 5.69 Å². The summed E-state index contributed by atoms with van der Waals surface area (Å²) < 4.78 is 6.81. The molecule has 0 aromatic carbocycles. The minimum atomic E-state index is 0.202. The predicted octanol–water partition coefficient (Wildman–Crippen LogP) is 1.66. The van der Waals surface area contributed by atoms with Crippen LogP contribution in [0.3, 0.4) is 0 Å². The molecule has 0 N–H and O–H groups in total. The van der Waals surface area contributed by atoms with Crippen LogP contribution in [0.25, 0.3) is 0 Å². The van der Waals surface area contributed by atoms with Gasteiger partial charge in [-0.1, -0.05) is 0 Å². The first-order valence-corrected chi connectivity index (χ1v) is 5.81. The van der Waals surface area contributed by atoms with Crippen LogP contribution in [0, 0.1) is 17.8 Å². The number of ketones is 1. The quantitative estimate of drug-likeness (QED) is 0.728. The number of nitrogens with zero attached hydrogens (tertiary/aromatic N) is 2. The molecule has 0 radical (unpaired) electrons. The van der Waals surface area contributed by atoms with Gasteiger partial charge in [0.15, 0.2) is 11.5 Å². The zero-order valence-electron chi connectivity index (χ0n) is 9.64. The van der Waals surface area contributed by atoms with E-state index in [9.17, 15) is 4.79 Å². The van der Waals surface area contributed by atoms with Gasteiger partial charge in [0.25, 0.3) is 0 Å². The average Bonchev–Trinajstić information content (AvgIpc) is 2.74. The molecule has 2 unspecified atom stereocenters. The molecule has 2 aliphatic rings. The SMILES string of the molecule is COc1cnn(C)c1C(=O)C1CC2CC2C1. The number of fused-ring (bicyclic) bond motifs is 1. The second-order valence-corrected chi connectivity index (χ2v) is 4.97. The van der Waals surface area contributed by atoms with E-state index in [-0.39, 0.29) is 11.7 Å². The fourth-order valence-corrected chi connectivity index (χ4v) is 2.97. The number of aryl methyl sites for hydroxylation is 1. The Morgan fingerprint density at radius 3 is 2.75 bits per heavy atom. The van der Waals surface area contributed by atoms with E-state index in [1.54, 1.807) is 25.0 Å². The smallest absolute Gasteiger partial charge is 0.187 e. The minimum Gasteiger partial charge on any atom is -0.493 e. The van der Waals surface area contributed by atoms with Crippen LogP contribution in [0.1, 0.15) is 29.8 Å². The van der Waals surface area contributed by atoms with E-state index in [0.29, 0.717) is 11.4 Å². The van der Waals surface area contributed by atoms with E-state index in [1.165, 1.54) is 6.42 Å². The molecule has 0 amide bonds. The summed E-state index contributed by atoms with van der Waals surface area (Å²) in [6, 6.07) is 0. The number of rotatable bonds is 3. The molecule has 2 aliphatic carbocycles. The van der Waals surface area contributed by atoms with E-state index in [2.05, 4.69) is 5.10 Å². The van der Waals surface area contributed by atoms with Gasteiger partial charge in [0.05, 0.1) is 13.3 Å². The van der Waals surface area contributed by atoms with Crippen LogP contribution in [-0.2, 0) is 7.05 Å². The predicted molar refractivity (Wildman–Crippen MR) is 58.4 cm³/mol. The van der Waals surface area contributed by atoms with Crippen molar-refractivity contribution in [2.75, 3.05) is 7.11 Å². The minimum absolute atomic E-state index is 0.202. The van der Waals surface area contributed by atoms with E-state index >= 15 is 0 Å². The van der Waals surface area contributed by atoms with Crippen LogP contribution < -0.4 is 4.74 Å². The third-order valence-corrected chi connectivity index (χ3v) is 3.97. The van der Waals surface area contributed by atoms with Crippen LogP contribution >= 0.6 is 0 Å². The highest BCUT2D eigenvalue weighted by atomic mass is 16.5. The molecule has 0 bridgehead atoms. The van der Waals surface area contributed by atoms with Crippen molar-refractivity contribution >= 4 is 5.78 Å². The van der Waals surface area contributed by atoms with Gasteiger partial charge in [-0.3, -0.25) is 9.48 Å². The Bertz CT molecular complexity index is 428. The molecule has 4 nitrogen and oxygen atoms in total. The first kappa shape index (κ1) is 9.87. The molecule has 16 heavy (non-hydrogen) atoms. The second kappa shape index (κ2) is 3.34. The summed E-state index contributed by atoms with van der Waals surface area (Å²) in [5.74, 6) is 2.67. The summed E-state index contributed by atoms with van der Waals surface area (Å²) in [7, 11) is 3.38. The first-order chi connectivity index (χ1) is 7.70. The standard InChI is InChI=1S/C12H16N2O2/c1-14-11(10(16-2)6-13-14)12(15)9-4-7-3-8(7)5-9/h6-9H,3-5H2,1-2H3. The van der Waals surface area contributed by atoms with Gasteiger partial charge < -0.3 is 4.74 Å². The molecular weight excluding hydrogens is 204 g/mol. The van der Waals surface area contributed by atoms with Crippen molar-refractivity contribution in [3.63, 3.8) is 0 Å². The van der Waals surface area contributed by atoms with Crippen LogP contribution in [0.15, 0.2) is 6.20 Å². The van der Waals surface area contributed by atoms with Crippen LogP contribution in [0.5, 0.6) is 5.75 Å². The van der Waals surface area contributed by atoms with Crippen molar-refractivity contribution in [3.05, 3.63) is 11.9 Å². The molecule has 0 aliphatic heterocycles. The van der Waals surface area contributed by atoms with Crippen molar-refractivity contribution in [1.29, 1.82) is 0 Å². The Morgan fingerprint density at radius 2 is 2.12 bits per heavy atom. The summed E-state index contributed by atoms with van der Waals surface area (Å²) in [5, 5.41) is 4.08. The number of hydrogen-bond acceptors (Lipinski definition) is 3. The van der Waals surface area contributed by atoms with E-state index in [1.807, 2.05) is 0 Å². The fourth-order valence-electron chi connectivity index (χ4n) is 2.97. The third kappa shape index (κ3) is 1.36. The molecule has 1 aromatic rings. The van der Waals surface area contributed by atoms with Gasteiger partial charge in [-0.25, -0.2) is 0 Å². The molecule has 0 saturated heterocycles. The van der Waals surface area contributed by atoms with E-state index in [0.717, 1.165) is 24.7 Å². The molecular formula is C12H16N2O2. The van der Waals surface area contributed by atoms with Crippen LogP contribution in [0.4, 0.5) is 0 Å². The molecule has 2 fully saturated rings. The Hall–Kier alpha value is -1.32. The maximum atomic E-state index is 12.3. The van der Waals surface area contributed by atoms with Gasteiger partial charge in [-0.05, 0) is 31.1 Å². The van der Waals surface area contributed by atoms with Crippen LogP contribution in [-0.4, -0.2) is 22.7 Å². The molecule has 4 heteroatoms. The zero-order chi connectivity index (χ0) is 11.3. The van der Waals surface area contributed by atoms with Crippen molar-refractivity contribution < 1.29 is 9.53 Å². The maximum Gasteiger partial charge on any atom is 0.187 e. The first-order valence-electron chi connectivity index (χ1n) is 5.81. The highest BCUT2D eigenvalue weighted by Gasteiger charge is 2.48. The third-order valence-electron chi connectivity index (χ3n) is 3.97. The number of methoxy groups -OCH3 is 1. The molecule has 86 valence electrons. The lowest BCUT2D eigenvalue weighted by Crippen LogP contribution is -2.17. The molecule has 3 rings (SSSR count). The number of aromatic nitrogens is 2. The van der Waals surface area contributed by atoms with Crippen molar-refractivity contribution in [1.82, 2.24) is 9.78 Å². The highest BCUT2D eigenvalue weighted by Crippen LogP contribution is 2.55. The van der Waals surface area contributed by atoms with Gasteiger partial charge in [-0.2, -0.15) is 5.10 Å². The van der Waals surface area contributed by atoms with E-state index in [4.69, 9.17) is 4.74 Å². The lowest BCUT2D eigenvalue weighted by molar-refractivity contribution is 0.0901. The van der Waals surface area contributed by atoms with Crippen molar-refractivity contribution in [2.45, 2.75) is 19.3 Å². The molecule has 2 saturated carbocycles. The number of ether oxygens (including phenoxy) is 1. The Labute approximate surface area is 94.6 Å². The second-order valence-electron chi connectivity index (χ2n) is 4.97. The molecule has 0 spiro atoms. The largest absolute Gasteiger partial charge is 0.493 e. The lowest BCUT2D eigenvalue weighted by Gasteiger charge is -2.11. The van der Waals surface area contributed by atoms with Gasteiger partial charge in [0, 0.05) is 13.0 Å². The van der Waals surface area contributed by atoms with Crippen molar-refractivity contribution in [3.8, 4) is 5.75 Å². The Morgan fingerprint density at radius 1 is 1.44 bits per heavy atom. The number of Topliss-reactive ketones (excluding diaryl/α,β-unsaturated/α-hetero) is 1. The maximum absolute atomic E-state index is 12.3. The fraction of sp³-hybridized carbons (Fsp3) is 0.667. The van der Waals surface area contributed by atoms with Gasteiger partial charge in [-0.15, -0.1) is 0 Å². The summed E-state index contributed by atoms with van der Waals surface area (Å²) in [6.07, 6.45) is 5.09. The number of hydrogen-bond donors (Lipinski definition) is 0. The summed E-state index contributed by atoms with van der Waals surface area (Å²) >= 11 is 0. The Balaban J connectivity index is 1.85. The molecule has 1 heterocycles. The van der Waals surface area contributed by atoms with Crippen LogP contribution in [0.2, 0.25) is 0 Å². The molecule has 1 aromatic heterocycles. The number of carbonyl (C=O) groups is 1. The topological polar surface area (TPSA) is 44.1 Å². The normalized spacial score (nSPS) is 31.2. The summed E-state index contributed by atoms with van der Waals surface area (Å²) in [4.78, 5) is 12.3. The monoisotopic (exact) mass is 220 g/mol. The summed E-state index contributed by atoms with van der Waals surface area (Å²) in [6.45, 7) is 0. The van der Waals surface area contributed by atoms with Gasteiger partial charge in [0.2, 0.25) is 0 Å². The van der Waals surface area contributed by atoms with E-state index < -0.39 is 0 Å². The van der Waals surface area contributed by atoms with Crippen molar-refractivity contribution in [2.24, 2.45) is 24.8 Å². The average molecular weight is 220 g/mol. The summed E-state index contributed by atoms with van der Waals surface area (Å²) in [5.41, 5.74) is 0.633. The lowest BCUT2D eigenvalue weighted by atomic mass is 9.96. The zero-order valence-corrected chi connectivity index (χ0v) is 9.64. The Kier molecular flexibility index (Phi) is 2.06. The highest BCUT2D eigenvalue weighted by molar-refractivity contribution is 5.99. The molecule has 2 atom stereocenters.